The smallest absolute Gasteiger partial charge is 0.357 e. The van der Waals surface area contributed by atoms with E-state index in [-0.39, 0.29) is 30.4 Å². The third-order valence-corrected chi connectivity index (χ3v) is 6.89. The van der Waals surface area contributed by atoms with Crippen molar-refractivity contribution in [3.63, 3.8) is 0 Å². The van der Waals surface area contributed by atoms with E-state index < -0.39 is 5.97 Å². The van der Waals surface area contributed by atoms with Crippen molar-refractivity contribution in [2.24, 2.45) is 0 Å². The molecule has 0 bridgehead atoms. The van der Waals surface area contributed by atoms with Gasteiger partial charge in [0.05, 0.1) is 23.9 Å². The zero-order valence-electron chi connectivity index (χ0n) is 18.1. The summed E-state index contributed by atoms with van der Waals surface area (Å²) in [5, 5.41) is 0.439. The molecule has 3 aromatic rings. The first-order valence-corrected chi connectivity index (χ1v) is 11.8. The molecular formula is C24H23BrClN3O4. The maximum Gasteiger partial charge on any atom is 0.357 e. The Balaban J connectivity index is 1.67. The lowest BCUT2D eigenvalue weighted by Crippen LogP contribution is -2.41. The highest BCUT2D eigenvalue weighted by Crippen LogP contribution is 2.25. The van der Waals surface area contributed by atoms with Crippen LogP contribution in [0.4, 0.5) is 0 Å². The van der Waals surface area contributed by atoms with Crippen LogP contribution in [-0.4, -0.2) is 39.1 Å². The van der Waals surface area contributed by atoms with Crippen LogP contribution >= 0.6 is 27.5 Å². The Bertz CT molecular complexity index is 1250. The SMILES string of the molecule is CCOC(=O)c1c2n(c(=O)n1CCc1ccccc1)CCN(C(=O)c1ccc(Br)c(Cl)c1)C2. The molecule has 1 aromatic heterocycles. The Labute approximate surface area is 204 Å². The van der Waals surface area contributed by atoms with E-state index in [4.69, 9.17) is 16.3 Å². The lowest BCUT2D eigenvalue weighted by atomic mass is 10.1. The van der Waals surface area contributed by atoms with E-state index in [2.05, 4.69) is 15.9 Å². The summed E-state index contributed by atoms with van der Waals surface area (Å²) in [5.74, 6) is -0.771. The van der Waals surface area contributed by atoms with Crippen molar-refractivity contribution in [3.05, 3.63) is 91.0 Å². The average molecular weight is 533 g/mol. The second-order valence-corrected chi connectivity index (χ2v) is 8.95. The molecule has 1 aliphatic heterocycles. The zero-order chi connectivity index (χ0) is 23.5. The Morgan fingerprint density at radius 2 is 1.88 bits per heavy atom. The number of aromatic nitrogens is 2. The molecule has 2 heterocycles. The molecule has 172 valence electrons. The fraction of sp³-hybridized carbons (Fsp3) is 0.292. The fourth-order valence-corrected chi connectivity index (χ4v) is 4.44. The van der Waals surface area contributed by atoms with Crippen molar-refractivity contribution >= 4 is 39.4 Å². The molecule has 0 fully saturated rings. The lowest BCUT2D eigenvalue weighted by Gasteiger charge is -2.28. The number of hydrogen-bond donors (Lipinski definition) is 0. The minimum atomic E-state index is -0.558. The van der Waals surface area contributed by atoms with Crippen LogP contribution in [0.15, 0.2) is 57.8 Å². The van der Waals surface area contributed by atoms with Crippen LogP contribution in [0.1, 0.15) is 39.0 Å². The zero-order valence-corrected chi connectivity index (χ0v) is 20.4. The monoisotopic (exact) mass is 531 g/mol. The second kappa shape index (κ2) is 9.97. The molecule has 0 saturated carbocycles. The Morgan fingerprint density at radius 3 is 2.58 bits per heavy atom. The highest BCUT2D eigenvalue weighted by molar-refractivity contribution is 9.10. The molecule has 0 N–H and O–H groups in total. The lowest BCUT2D eigenvalue weighted by molar-refractivity contribution is 0.0505. The van der Waals surface area contributed by atoms with Crippen LogP contribution < -0.4 is 5.69 Å². The first kappa shape index (κ1) is 23.3. The van der Waals surface area contributed by atoms with Crippen LogP contribution in [0.5, 0.6) is 0 Å². The van der Waals surface area contributed by atoms with Crippen molar-refractivity contribution in [1.82, 2.24) is 14.0 Å². The van der Waals surface area contributed by atoms with E-state index in [0.717, 1.165) is 5.56 Å². The van der Waals surface area contributed by atoms with E-state index >= 15 is 0 Å². The number of fused-ring (bicyclic) bond motifs is 1. The van der Waals surface area contributed by atoms with Gasteiger partial charge in [-0.1, -0.05) is 41.9 Å². The number of esters is 1. The van der Waals surface area contributed by atoms with Gasteiger partial charge in [0.1, 0.15) is 0 Å². The number of aryl methyl sites for hydroxylation is 1. The van der Waals surface area contributed by atoms with Crippen LogP contribution in [0.3, 0.4) is 0 Å². The summed E-state index contributed by atoms with van der Waals surface area (Å²) in [6.45, 7) is 3.04. The molecule has 33 heavy (non-hydrogen) atoms. The van der Waals surface area contributed by atoms with E-state index in [1.54, 1.807) is 34.6 Å². The second-order valence-electron chi connectivity index (χ2n) is 7.69. The number of carbonyl (C=O) groups excluding carboxylic acids is 2. The number of benzene rings is 2. The van der Waals surface area contributed by atoms with Crippen LogP contribution in [0.25, 0.3) is 0 Å². The summed E-state index contributed by atoms with van der Waals surface area (Å²) in [5.41, 5.74) is 1.95. The number of ether oxygens (including phenoxy) is 1. The number of rotatable bonds is 6. The standard InChI is InChI=1S/C24H23BrClN3O4/c1-2-33-23(31)21-20-15-27(22(30)17-8-9-18(25)19(26)14-17)12-13-28(20)24(32)29(21)11-10-16-6-4-3-5-7-16/h3-9,14H,2,10-13,15H2,1H3. The molecule has 7 nitrogen and oxygen atoms in total. The van der Waals surface area contributed by atoms with Gasteiger partial charge in [-0.3, -0.25) is 13.9 Å². The maximum atomic E-state index is 13.2. The van der Waals surface area contributed by atoms with E-state index in [0.29, 0.717) is 46.8 Å². The molecule has 0 saturated heterocycles. The van der Waals surface area contributed by atoms with Gasteiger partial charge >= 0.3 is 11.7 Å². The fourth-order valence-electron chi connectivity index (χ4n) is 4.02. The molecule has 0 aliphatic carbocycles. The van der Waals surface area contributed by atoms with Gasteiger partial charge in [-0.2, -0.15) is 0 Å². The van der Waals surface area contributed by atoms with Crippen molar-refractivity contribution in [2.75, 3.05) is 13.2 Å². The van der Waals surface area contributed by atoms with Gasteiger partial charge in [-0.25, -0.2) is 9.59 Å². The molecule has 4 rings (SSSR count). The summed E-state index contributed by atoms with van der Waals surface area (Å²) < 4.78 is 9.03. The topological polar surface area (TPSA) is 73.5 Å². The first-order valence-electron chi connectivity index (χ1n) is 10.7. The molecule has 1 aliphatic rings. The van der Waals surface area contributed by atoms with Crippen molar-refractivity contribution < 1.29 is 14.3 Å². The normalized spacial score (nSPS) is 13.0. The van der Waals surface area contributed by atoms with Gasteiger partial charge in [-0.15, -0.1) is 0 Å². The number of halogens is 2. The molecule has 9 heteroatoms. The Morgan fingerprint density at radius 1 is 1.12 bits per heavy atom. The van der Waals surface area contributed by atoms with Gasteiger partial charge < -0.3 is 9.64 Å². The summed E-state index contributed by atoms with van der Waals surface area (Å²) >= 11 is 9.49. The van der Waals surface area contributed by atoms with E-state index in [1.807, 2.05) is 30.3 Å². The summed E-state index contributed by atoms with van der Waals surface area (Å²) in [4.78, 5) is 40.8. The van der Waals surface area contributed by atoms with E-state index in [9.17, 15) is 14.4 Å². The minimum Gasteiger partial charge on any atom is -0.461 e. The molecule has 0 atom stereocenters. The largest absolute Gasteiger partial charge is 0.461 e. The highest BCUT2D eigenvalue weighted by Gasteiger charge is 2.32. The third kappa shape index (κ3) is 4.77. The van der Waals surface area contributed by atoms with Crippen molar-refractivity contribution in [1.29, 1.82) is 0 Å². The van der Waals surface area contributed by atoms with Crippen LogP contribution in [-0.2, 0) is 30.8 Å². The van der Waals surface area contributed by atoms with Gasteiger partial charge in [0.2, 0.25) is 0 Å². The summed E-state index contributed by atoms with van der Waals surface area (Å²) in [6, 6.07) is 14.8. The summed E-state index contributed by atoms with van der Waals surface area (Å²) in [7, 11) is 0. The predicted molar refractivity (Wildman–Crippen MR) is 129 cm³/mol. The molecule has 0 radical (unpaired) electrons. The molecular weight excluding hydrogens is 510 g/mol. The minimum absolute atomic E-state index is 0.133. The van der Waals surface area contributed by atoms with E-state index in [1.165, 1.54) is 4.57 Å². The molecule has 0 unspecified atom stereocenters. The third-order valence-electron chi connectivity index (χ3n) is 5.65. The Hall–Kier alpha value is -2.84. The van der Waals surface area contributed by atoms with Gasteiger partial charge in [0.15, 0.2) is 5.69 Å². The van der Waals surface area contributed by atoms with Gasteiger partial charge in [0, 0.05) is 29.7 Å². The number of nitrogens with zero attached hydrogens (tertiary/aromatic N) is 3. The first-order chi connectivity index (χ1) is 15.9. The van der Waals surface area contributed by atoms with Crippen molar-refractivity contribution in [2.45, 2.75) is 33.0 Å². The average Bonchev–Trinajstić information content (AvgIpc) is 3.10. The van der Waals surface area contributed by atoms with Crippen molar-refractivity contribution in [3.8, 4) is 0 Å². The van der Waals surface area contributed by atoms with Gasteiger partial charge in [-0.05, 0) is 53.0 Å². The van der Waals surface area contributed by atoms with Crippen LogP contribution in [0, 0.1) is 0 Å². The van der Waals surface area contributed by atoms with Crippen LogP contribution in [0.2, 0.25) is 5.02 Å². The molecule has 2 aromatic carbocycles. The number of hydrogen-bond acceptors (Lipinski definition) is 4. The Kier molecular flexibility index (Phi) is 7.05. The predicted octanol–water partition coefficient (Wildman–Crippen LogP) is 4.14. The quantitative estimate of drug-likeness (QED) is 0.447. The molecule has 1 amide bonds. The number of imidazole rings is 1. The molecule has 0 spiro atoms. The highest BCUT2D eigenvalue weighted by atomic mass is 79.9. The maximum absolute atomic E-state index is 13.2. The number of amides is 1. The van der Waals surface area contributed by atoms with Gasteiger partial charge in [0.25, 0.3) is 5.91 Å². The number of carbonyl (C=O) groups is 2. The summed E-state index contributed by atoms with van der Waals surface area (Å²) in [6.07, 6.45) is 0.594.